The van der Waals surface area contributed by atoms with E-state index in [4.69, 9.17) is 0 Å². The van der Waals surface area contributed by atoms with E-state index in [1.165, 1.54) is 7.05 Å². The van der Waals surface area contributed by atoms with Crippen LogP contribution in [-0.4, -0.2) is 9.55 Å². The molecule has 6 heteroatoms. The predicted octanol–water partition coefficient (Wildman–Crippen LogP) is 0.799. The zero-order valence-electron chi connectivity index (χ0n) is 6.09. The lowest BCUT2D eigenvalue weighted by Gasteiger charge is -2.04. The lowest BCUT2D eigenvalue weighted by molar-refractivity contribution is -0.141. The molecule has 0 amide bonds. The molecule has 0 bridgehead atoms. The Bertz CT molecular complexity index is 341. The van der Waals surface area contributed by atoms with Crippen molar-refractivity contribution in [1.29, 1.82) is 0 Å². The third-order valence-corrected chi connectivity index (χ3v) is 1.27. The Morgan fingerprint density at radius 1 is 1.50 bits per heavy atom. The Balaban J connectivity index is 3.23. The summed E-state index contributed by atoms with van der Waals surface area (Å²) in [5.74, 6) is 0. The standard InChI is InChI=1S/C6H5F3N2O/c1-11-3-10-4(2-5(11)12)6(7,8)9/h2-3H,1H3. The number of aromatic nitrogens is 2. The fourth-order valence-corrected chi connectivity index (χ4v) is 0.617. The highest BCUT2D eigenvalue weighted by atomic mass is 19.4. The average molecular weight is 178 g/mol. The highest BCUT2D eigenvalue weighted by Gasteiger charge is 2.32. The molecule has 0 atom stereocenters. The first kappa shape index (κ1) is 8.76. The van der Waals surface area contributed by atoms with Crippen molar-refractivity contribution < 1.29 is 13.2 Å². The van der Waals surface area contributed by atoms with Crippen molar-refractivity contribution >= 4 is 0 Å². The van der Waals surface area contributed by atoms with Crippen LogP contribution in [0.2, 0.25) is 0 Å². The Morgan fingerprint density at radius 3 is 2.50 bits per heavy atom. The fraction of sp³-hybridized carbons (Fsp3) is 0.333. The lowest BCUT2D eigenvalue weighted by atomic mass is 10.4. The van der Waals surface area contributed by atoms with Crippen molar-refractivity contribution in [1.82, 2.24) is 9.55 Å². The number of halogens is 3. The van der Waals surface area contributed by atoms with Crippen LogP contribution in [0.4, 0.5) is 13.2 Å². The van der Waals surface area contributed by atoms with Gasteiger partial charge in [-0.15, -0.1) is 0 Å². The van der Waals surface area contributed by atoms with E-state index in [2.05, 4.69) is 4.98 Å². The van der Waals surface area contributed by atoms with Crippen LogP contribution >= 0.6 is 0 Å². The van der Waals surface area contributed by atoms with Gasteiger partial charge in [-0.2, -0.15) is 13.2 Å². The number of alkyl halides is 3. The van der Waals surface area contributed by atoms with Gasteiger partial charge in [0.1, 0.15) is 0 Å². The molecule has 12 heavy (non-hydrogen) atoms. The molecule has 0 saturated heterocycles. The van der Waals surface area contributed by atoms with Crippen LogP contribution in [0, 0.1) is 0 Å². The minimum atomic E-state index is -4.55. The molecular weight excluding hydrogens is 173 g/mol. The predicted molar refractivity (Wildman–Crippen MR) is 34.5 cm³/mol. The third-order valence-electron chi connectivity index (χ3n) is 1.27. The first-order valence-corrected chi connectivity index (χ1v) is 3.01. The summed E-state index contributed by atoms with van der Waals surface area (Å²) in [6.45, 7) is 0. The maximum Gasteiger partial charge on any atom is 0.433 e. The topological polar surface area (TPSA) is 34.9 Å². The van der Waals surface area contributed by atoms with Crippen molar-refractivity contribution in [3.05, 3.63) is 28.4 Å². The minimum Gasteiger partial charge on any atom is -0.302 e. The molecule has 1 rings (SSSR count). The maximum absolute atomic E-state index is 11.9. The van der Waals surface area contributed by atoms with E-state index in [1.807, 2.05) is 0 Å². The molecular formula is C6H5F3N2O. The van der Waals surface area contributed by atoms with Crippen LogP contribution in [0.15, 0.2) is 17.2 Å². The van der Waals surface area contributed by atoms with Gasteiger partial charge in [0.15, 0.2) is 5.69 Å². The molecule has 0 N–H and O–H groups in total. The van der Waals surface area contributed by atoms with Gasteiger partial charge >= 0.3 is 6.18 Å². The van der Waals surface area contributed by atoms with Gasteiger partial charge in [-0.25, -0.2) is 4.98 Å². The molecule has 0 aliphatic carbocycles. The number of rotatable bonds is 0. The van der Waals surface area contributed by atoms with Gasteiger partial charge in [-0.3, -0.25) is 4.79 Å². The lowest BCUT2D eigenvalue weighted by Crippen LogP contribution is -2.20. The molecule has 3 nitrogen and oxygen atoms in total. The number of nitrogens with zero attached hydrogens (tertiary/aromatic N) is 2. The molecule has 0 radical (unpaired) electrons. The molecule has 0 aliphatic heterocycles. The molecule has 0 spiro atoms. The number of aryl methyl sites for hydroxylation is 1. The summed E-state index contributed by atoms with van der Waals surface area (Å²) in [5.41, 5.74) is -1.89. The van der Waals surface area contributed by atoms with Crippen molar-refractivity contribution in [2.75, 3.05) is 0 Å². The van der Waals surface area contributed by atoms with Crippen molar-refractivity contribution in [2.45, 2.75) is 6.18 Å². The molecule has 66 valence electrons. The Kier molecular flexibility index (Phi) is 1.91. The van der Waals surface area contributed by atoms with Gasteiger partial charge in [-0.1, -0.05) is 0 Å². The molecule has 1 heterocycles. The fourth-order valence-electron chi connectivity index (χ4n) is 0.617. The summed E-state index contributed by atoms with van der Waals surface area (Å²) in [7, 11) is 1.33. The zero-order valence-corrected chi connectivity index (χ0v) is 6.09. The summed E-state index contributed by atoms with van der Waals surface area (Å²) >= 11 is 0. The van der Waals surface area contributed by atoms with Gasteiger partial charge in [-0.05, 0) is 0 Å². The van der Waals surface area contributed by atoms with Crippen molar-refractivity contribution in [3.63, 3.8) is 0 Å². The largest absolute Gasteiger partial charge is 0.433 e. The van der Waals surface area contributed by atoms with Crippen LogP contribution in [0.25, 0.3) is 0 Å². The van der Waals surface area contributed by atoms with Gasteiger partial charge in [0.2, 0.25) is 0 Å². The molecule has 1 aromatic heterocycles. The molecule has 0 fully saturated rings. The summed E-state index contributed by atoms with van der Waals surface area (Å²) in [6, 6.07) is 0.458. The van der Waals surface area contributed by atoms with E-state index in [1.54, 1.807) is 0 Å². The highest BCUT2D eigenvalue weighted by molar-refractivity contribution is 5.03. The summed E-state index contributed by atoms with van der Waals surface area (Å²) in [4.78, 5) is 13.8. The van der Waals surface area contributed by atoms with Gasteiger partial charge in [0, 0.05) is 13.1 Å². The second kappa shape index (κ2) is 2.62. The van der Waals surface area contributed by atoms with Crippen molar-refractivity contribution in [2.24, 2.45) is 7.05 Å². The van der Waals surface area contributed by atoms with E-state index in [-0.39, 0.29) is 0 Å². The summed E-state index contributed by atoms with van der Waals surface area (Å²) in [5, 5.41) is 0. The summed E-state index contributed by atoms with van der Waals surface area (Å²) in [6.07, 6.45) is -3.71. The Hall–Kier alpha value is -1.33. The SMILES string of the molecule is Cn1cnc(C(F)(F)F)cc1=O. The molecule has 0 unspecified atom stereocenters. The number of hydrogen-bond acceptors (Lipinski definition) is 2. The van der Waals surface area contributed by atoms with Crippen LogP contribution in [0.3, 0.4) is 0 Å². The zero-order chi connectivity index (χ0) is 9.35. The normalized spacial score (nSPS) is 11.7. The number of hydrogen-bond donors (Lipinski definition) is 0. The van der Waals surface area contributed by atoms with Crippen LogP contribution in [0.1, 0.15) is 5.69 Å². The van der Waals surface area contributed by atoms with Crippen LogP contribution in [-0.2, 0) is 13.2 Å². The molecule has 0 aromatic carbocycles. The van der Waals surface area contributed by atoms with Gasteiger partial charge in [0.25, 0.3) is 5.56 Å². The molecule has 1 aromatic rings. The van der Waals surface area contributed by atoms with Crippen molar-refractivity contribution in [3.8, 4) is 0 Å². The minimum absolute atomic E-state index is 0.458. The van der Waals surface area contributed by atoms with E-state index in [9.17, 15) is 18.0 Å². The monoisotopic (exact) mass is 178 g/mol. The quantitative estimate of drug-likeness (QED) is 0.588. The van der Waals surface area contributed by atoms with E-state index < -0.39 is 17.4 Å². The van der Waals surface area contributed by atoms with E-state index >= 15 is 0 Å². The first-order chi connectivity index (χ1) is 5.41. The first-order valence-electron chi connectivity index (χ1n) is 3.01. The summed E-state index contributed by atoms with van der Waals surface area (Å²) < 4.78 is 36.6. The van der Waals surface area contributed by atoms with E-state index in [0.717, 1.165) is 10.9 Å². The highest BCUT2D eigenvalue weighted by Crippen LogP contribution is 2.25. The maximum atomic E-state index is 11.9. The second-order valence-electron chi connectivity index (χ2n) is 2.22. The Labute approximate surface area is 65.5 Å². The van der Waals surface area contributed by atoms with Crippen LogP contribution < -0.4 is 5.56 Å². The molecule has 0 aliphatic rings. The van der Waals surface area contributed by atoms with E-state index in [0.29, 0.717) is 6.07 Å². The smallest absolute Gasteiger partial charge is 0.302 e. The van der Waals surface area contributed by atoms with Gasteiger partial charge in [0.05, 0.1) is 6.33 Å². The Morgan fingerprint density at radius 2 is 2.08 bits per heavy atom. The molecule has 0 saturated carbocycles. The third kappa shape index (κ3) is 1.63. The van der Waals surface area contributed by atoms with Crippen LogP contribution in [0.5, 0.6) is 0 Å². The second-order valence-corrected chi connectivity index (χ2v) is 2.22. The average Bonchev–Trinajstić information content (AvgIpc) is 1.92. The van der Waals surface area contributed by atoms with Gasteiger partial charge < -0.3 is 4.57 Å².